The number of amides is 1. The molecular formula is C20H25N3O2. The fourth-order valence-electron chi connectivity index (χ4n) is 3.86. The maximum atomic E-state index is 13.0. The van der Waals surface area contributed by atoms with Gasteiger partial charge in [0.05, 0.1) is 30.5 Å². The number of pyridine rings is 1. The minimum absolute atomic E-state index is 0.0138. The average molecular weight is 339 g/mol. The van der Waals surface area contributed by atoms with Crippen LogP contribution in [0, 0.1) is 0 Å². The Morgan fingerprint density at radius 1 is 1.08 bits per heavy atom. The molecule has 2 aliphatic heterocycles. The summed E-state index contributed by atoms with van der Waals surface area (Å²) >= 11 is 0. The van der Waals surface area contributed by atoms with Crippen molar-refractivity contribution in [2.45, 2.75) is 31.8 Å². The molecular weight excluding hydrogens is 314 g/mol. The first-order valence-corrected chi connectivity index (χ1v) is 9.26. The molecule has 3 heterocycles. The number of hydrogen-bond acceptors (Lipinski definition) is 4. The van der Waals surface area contributed by atoms with Crippen molar-refractivity contribution in [2.24, 2.45) is 0 Å². The van der Waals surface area contributed by atoms with E-state index in [0.29, 0.717) is 13.2 Å². The summed E-state index contributed by atoms with van der Waals surface area (Å²) in [5.74, 6) is 0.267. The van der Waals surface area contributed by atoms with E-state index in [1.165, 1.54) is 0 Å². The number of nitrogens with zero attached hydrogens (tertiary/aromatic N) is 3. The Bertz CT molecular complexity index is 743. The first kappa shape index (κ1) is 16.5. The lowest BCUT2D eigenvalue weighted by atomic mass is 10.00. The van der Waals surface area contributed by atoms with E-state index in [2.05, 4.69) is 23.1 Å². The van der Waals surface area contributed by atoms with Crippen molar-refractivity contribution in [1.82, 2.24) is 14.8 Å². The first-order valence-electron chi connectivity index (χ1n) is 9.26. The van der Waals surface area contributed by atoms with Gasteiger partial charge < -0.3 is 9.64 Å². The average Bonchev–Trinajstić information content (AvgIpc) is 2.68. The number of aromatic nitrogens is 1. The molecule has 1 aromatic heterocycles. The van der Waals surface area contributed by atoms with Crippen LogP contribution in [0.1, 0.15) is 25.0 Å². The zero-order valence-corrected chi connectivity index (χ0v) is 14.6. The summed E-state index contributed by atoms with van der Waals surface area (Å²) in [6.07, 6.45) is 3.23. The number of carbonyl (C=O) groups is 1. The van der Waals surface area contributed by atoms with Crippen LogP contribution >= 0.6 is 0 Å². The van der Waals surface area contributed by atoms with Crippen LogP contribution in [0.5, 0.6) is 0 Å². The summed E-state index contributed by atoms with van der Waals surface area (Å²) in [7, 11) is 0. The molecule has 2 aromatic rings. The van der Waals surface area contributed by atoms with Crippen LogP contribution in [0.4, 0.5) is 0 Å². The van der Waals surface area contributed by atoms with Gasteiger partial charge in [-0.1, -0.05) is 30.7 Å². The van der Waals surface area contributed by atoms with Crippen molar-refractivity contribution >= 4 is 16.8 Å². The molecule has 25 heavy (non-hydrogen) atoms. The molecule has 0 radical (unpaired) electrons. The fourth-order valence-corrected chi connectivity index (χ4v) is 3.86. The van der Waals surface area contributed by atoms with Crippen LogP contribution in [-0.2, 0) is 16.1 Å². The second-order valence-electron chi connectivity index (χ2n) is 6.92. The number of morpholine rings is 1. The van der Waals surface area contributed by atoms with Crippen molar-refractivity contribution in [2.75, 3.05) is 32.8 Å². The smallest absolute Gasteiger partial charge is 0.240 e. The van der Waals surface area contributed by atoms with Gasteiger partial charge in [0.1, 0.15) is 0 Å². The van der Waals surface area contributed by atoms with Gasteiger partial charge in [0.2, 0.25) is 5.91 Å². The highest BCUT2D eigenvalue weighted by Crippen LogP contribution is 2.22. The van der Waals surface area contributed by atoms with Crippen LogP contribution in [0.3, 0.4) is 0 Å². The Labute approximate surface area is 148 Å². The second-order valence-corrected chi connectivity index (χ2v) is 6.92. The number of piperidine rings is 1. The number of carbonyl (C=O) groups excluding carboxylic acids is 1. The van der Waals surface area contributed by atoms with Crippen LogP contribution in [0.25, 0.3) is 10.9 Å². The van der Waals surface area contributed by atoms with E-state index in [-0.39, 0.29) is 11.9 Å². The van der Waals surface area contributed by atoms with Gasteiger partial charge in [-0.05, 0) is 31.5 Å². The van der Waals surface area contributed by atoms with Gasteiger partial charge in [0.15, 0.2) is 0 Å². The molecule has 0 unspecified atom stereocenters. The number of benzene rings is 1. The van der Waals surface area contributed by atoms with Gasteiger partial charge >= 0.3 is 0 Å². The predicted octanol–water partition coefficient (Wildman–Crippen LogP) is 2.45. The molecule has 2 saturated heterocycles. The largest absolute Gasteiger partial charge is 0.378 e. The second kappa shape index (κ2) is 7.50. The third-order valence-corrected chi connectivity index (χ3v) is 5.24. The third kappa shape index (κ3) is 3.67. The maximum absolute atomic E-state index is 13.0. The summed E-state index contributed by atoms with van der Waals surface area (Å²) in [4.78, 5) is 22.1. The van der Waals surface area contributed by atoms with Crippen LogP contribution in [0.15, 0.2) is 36.4 Å². The predicted molar refractivity (Wildman–Crippen MR) is 97.2 cm³/mol. The van der Waals surface area contributed by atoms with E-state index in [9.17, 15) is 4.79 Å². The Kier molecular flexibility index (Phi) is 4.95. The number of ether oxygens (including phenoxy) is 1. The summed E-state index contributed by atoms with van der Waals surface area (Å²) < 4.78 is 5.38. The monoisotopic (exact) mass is 339 g/mol. The molecule has 2 fully saturated rings. The highest BCUT2D eigenvalue weighted by molar-refractivity contribution is 5.82. The zero-order valence-electron chi connectivity index (χ0n) is 14.6. The number of rotatable bonds is 3. The molecule has 0 aliphatic carbocycles. The number of para-hydroxylation sites is 1. The third-order valence-electron chi connectivity index (χ3n) is 5.24. The lowest BCUT2D eigenvalue weighted by Crippen LogP contribution is -2.53. The SMILES string of the molecule is O=C([C@H]1CCCCN1Cc1ccc2ccccc2n1)N1CCOCC1. The van der Waals surface area contributed by atoms with E-state index < -0.39 is 0 Å². The summed E-state index contributed by atoms with van der Waals surface area (Å²) in [5.41, 5.74) is 2.06. The molecule has 5 nitrogen and oxygen atoms in total. The minimum Gasteiger partial charge on any atom is -0.378 e. The summed E-state index contributed by atoms with van der Waals surface area (Å²) in [5, 5.41) is 1.16. The Balaban J connectivity index is 1.50. The topological polar surface area (TPSA) is 45.7 Å². The summed E-state index contributed by atoms with van der Waals surface area (Å²) in [6, 6.07) is 12.4. The van der Waals surface area contributed by atoms with Crippen LogP contribution in [-0.4, -0.2) is 59.6 Å². The van der Waals surface area contributed by atoms with Gasteiger partial charge in [-0.2, -0.15) is 0 Å². The van der Waals surface area contributed by atoms with Crippen LogP contribution in [0.2, 0.25) is 0 Å². The Morgan fingerprint density at radius 3 is 2.80 bits per heavy atom. The lowest BCUT2D eigenvalue weighted by Gasteiger charge is -2.38. The number of fused-ring (bicyclic) bond motifs is 1. The molecule has 5 heteroatoms. The zero-order chi connectivity index (χ0) is 17.1. The number of likely N-dealkylation sites (tertiary alicyclic amines) is 1. The van der Waals surface area contributed by atoms with Gasteiger partial charge in [-0.15, -0.1) is 0 Å². The normalized spacial score (nSPS) is 22.2. The Hall–Kier alpha value is -1.98. The quantitative estimate of drug-likeness (QED) is 0.862. The molecule has 132 valence electrons. The minimum atomic E-state index is -0.0138. The molecule has 0 N–H and O–H groups in total. The molecule has 1 atom stereocenters. The van der Waals surface area contributed by atoms with Gasteiger partial charge in [-0.3, -0.25) is 14.7 Å². The van der Waals surface area contributed by atoms with Gasteiger partial charge in [-0.25, -0.2) is 0 Å². The lowest BCUT2D eigenvalue weighted by molar-refractivity contribution is -0.142. The van der Waals surface area contributed by atoms with Gasteiger partial charge in [0, 0.05) is 25.0 Å². The van der Waals surface area contributed by atoms with Crippen molar-refractivity contribution in [1.29, 1.82) is 0 Å². The van der Waals surface area contributed by atoms with Crippen molar-refractivity contribution in [3.8, 4) is 0 Å². The van der Waals surface area contributed by atoms with E-state index in [1.54, 1.807) is 0 Å². The van der Waals surface area contributed by atoms with E-state index in [1.807, 2.05) is 23.1 Å². The highest BCUT2D eigenvalue weighted by Gasteiger charge is 2.32. The Morgan fingerprint density at radius 2 is 1.92 bits per heavy atom. The summed E-state index contributed by atoms with van der Waals surface area (Å²) in [6.45, 7) is 4.46. The fraction of sp³-hybridized carbons (Fsp3) is 0.500. The molecule has 2 aliphatic rings. The molecule has 1 aromatic carbocycles. The standard InChI is InChI=1S/C20H25N3O2/c24-20(22-11-13-25-14-12-22)19-7-3-4-10-23(19)15-17-9-8-16-5-1-2-6-18(16)21-17/h1-2,5-6,8-9,19H,3-4,7,10-15H2/t19-/m1/s1. The molecule has 1 amide bonds. The van der Waals surface area contributed by atoms with E-state index >= 15 is 0 Å². The van der Waals surface area contributed by atoms with E-state index in [0.717, 1.165) is 62.0 Å². The van der Waals surface area contributed by atoms with Crippen molar-refractivity contribution < 1.29 is 9.53 Å². The molecule has 4 rings (SSSR count). The molecule has 0 saturated carbocycles. The van der Waals surface area contributed by atoms with Gasteiger partial charge in [0.25, 0.3) is 0 Å². The maximum Gasteiger partial charge on any atom is 0.240 e. The molecule has 0 spiro atoms. The number of hydrogen-bond donors (Lipinski definition) is 0. The van der Waals surface area contributed by atoms with Crippen molar-refractivity contribution in [3.63, 3.8) is 0 Å². The van der Waals surface area contributed by atoms with E-state index in [4.69, 9.17) is 9.72 Å². The molecule has 0 bridgehead atoms. The van der Waals surface area contributed by atoms with Crippen molar-refractivity contribution in [3.05, 3.63) is 42.1 Å². The van der Waals surface area contributed by atoms with Crippen LogP contribution < -0.4 is 0 Å². The highest BCUT2D eigenvalue weighted by atomic mass is 16.5. The first-order chi connectivity index (χ1) is 12.3.